The second-order valence-electron chi connectivity index (χ2n) is 4.63. The van der Waals surface area contributed by atoms with Gasteiger partial charge in [0.25, 0.3) is 5.91 Å². The molecule has 1 amide bonds. The van der Waals surface area contributed by atoms with Gasteiger partial charge in [-0.15, -0.1) is 12.4 Å². The fourth-order valence-electron chi connectivity index (χ4n) is 2.14. The smallest absolute Gasteiger partial charge is 0.337 e. The zero-order chi connectivity index (χ0) is 14.8. The third-order valence-corrected chi connectivity index (χ3v) is 3.98. The molecule has 0 bridgehead atoms. The van der Waals surface area contributed by atoms with Gasteiger partial charge in [0.2, 0.25) is 0 Å². The van der Waals surface area contributed by atoms with Gasteiger partial charge in [0, 0.05) is 30.1 Å². The van der Waals surface area contributed by atoms with Crippen LogP contribution >= 0.6 is 24.2 Å². The summed E-state index contributed by atoms with van der Waals surface area (Å²) < 4.78 is 36.6. The lowest BCUT2D eigenvalue weighted by molar-refractivity contribution is -0.0328. The summed E-state index contributed by atoms with van der Waals surface area (Å²) in [6.07, 6.45) is 0.893. The van der Waals surface area contributed by atoms with Crippen LogP contribution in [0.4, 0.5) is 13.2 Å². The van der Waals surface area contributed by atoms with Gasteiger partial charge in [-0.3, -0.25) is 4.79 Å². The van der Waals surface area contributed by atoms with Crippen molar-refractivity contribution < 1.29 is 18.0 Å². The summed E-state index contributed by atoms with van der Waals surface area (Å²) in [6.45, 7) is 1.63. The quantitative estimate of drug-likeness (QED) is 0.858. The second kappa shape index (κ2) is 7.38. The first-order chi connectivity index (χ1) is 9.37. The molecule has 1 aromatic carbocycles. The number of hydrogen-bond donors (Lipinski definition) is 1. The van der Waals surface area contributed by atoms with Crippen molar-refractivity contribution in [3.63, 3.8) is 0 Å². The Kier molecular flexibility index (Phi) is 6.37. The molecule has 2 rings (SSSR count). The summed E-state index contributed by atoms with van der Waals surface area (Å²) in [4.78, 5) is 13.9. The Balaban J connectivity index is 0.00000220. The maximum Gasteiger partial charge on any atom is 0.446 e. The molecule has 0 aliphatic carbocycles. The van der Waals surface area contributed by atoms with Gasteiger partial charge in [0.05, 0.1) is 0 Å². The summed E-state index contributed by atoms with van der Waals surface area (Å²) in [5, 5.41) is 3.17. The van der Waals surface area contributed by atoms with Crippen LogP contribution in [0.2, 0.25) is 0 Å². The number of nitrogens with one attached hydrogen (secondary N) is 1. The largest absolute Gasteiger partial charge is 0.446 e. The number of amides is 1. The van der Waals surface area contributed by atoms with Crippen LogP contribution in [0.5, 0.6) is 0 Å². The van der Waals surface area contributed by atoms with Crippen molar-refractivity contribution in [1.29, 1.82) is 0 Å². The first-order valence-corrected chi connectivity index (χ1v) is 7.02. The van der Waals surface area contributed by atoms with Crippen LogP contribution < -0.4 is 5.32 Å². The van der Waals surface area contributed by atoms with Gasteiger partial charge in [-0.2, -0.15) is 13.2 Å². The number of nitrogens with zero attached hydrogens (tertiary/aromatic N) is 1. The van der Waals surface area contributed by atoms with E-state index < -0.39 is 5.51 Å². The minimum absolute atomic E-state index is 0. The summed E-state index contributed by atoms with van der Waals surface area (Å²) in [6, 6.07) is 5.68. The van der Waals surface area contributed by atoms with E-state index in [0.29, 0.717) is 5.56 Å². The number of alkyl halides is 3. The highest BCUT2D eigenvalue weighted by molar-refractivity contribution is 8.00. The number of benzene rings is 1. The Bertz CT molecular complexity index is 475. The van der Waals surface area contributed by atoms with E-state index >= 15 is 0 Å². The van der Waals surface area contributed by atoms with Crippen LogP contribution in [0, 0.1) is 0 Å². The molecule has 1 atom stereocenters. The SMILES string of the molecule is CN(C(=O)c1ccc(SC(F)(F)F)cc1)C1CCNC1.Cl. The van der Waals surface area contributed by atoms with E-state index in [1.54, 1.807) is 11.9 Å². The Morgan fingerprint density at radius 1 is 1.33 bits per heavy atom. The molecule has 21 heavy (non-hydrogen) atoms. The van der Waals surface area contributed by atoms with Crippen molar-refractivity contribution in [3.05, 3.63) is 29.8 Å². The zero-order valence-electron chi connectivity index (χ0n) is 11.3. The van der Waals surface area contributed by atoms with Crippen LogP contribution in [-0.2, 0) is 0 Å². The van der Waals surface area contributed by atoms with Crippen molar-refractivity contribution >= 4 is 30.1 Å². The van der Waals surface area contributed by atoms with Gasteiger partial charge in [0.15, 0.2) is 0 Å². The summed E-state index contributed by atoms with van der Waals surface area (Å²) in [5.41, 5.74) is -3.90. The molecule has 1 aliphatic rings. The van der Waals surface area contributed by atoms with E-state index in [0.717, 1.165) is 19.5 Å². The predicted molar refractivity (Wildman–Crippen MR) is 79.0 cm³/mol. The number of likely N-dealkylation sites (N-methyl/N-ethyl adjacent to an activating group) is 1. The lowest BCUT2D eigenvalue weighted by Crippen LogP contribution is -2.38. The predicted octanol–water partition coefficient (Wildman–Crippen LogP) is 3.15. The minimum atomic E-state index is -4.31. The lowest BCUT2D eigenvalue weighted by atomic mass is 10.1. The Hall–Kier alpha value is -0.920. The van der Waals surface area contributed by atoms with Crippen molar-refractivity contribution in [2.75, 3.05) is 20.1 Å². The zero-order valence-corrected chi connectivity index (χ0v) is 12.9. The van der Waals surface area contributed by atoms with E-state index in [4.69, 9.17) is 0 Å². The average Bonchev–Trinajstić information content (AvgIpc) is 2.90. The van der Waals surface area contributed by atoms with Crippen molar-refractivity contribution in [2.24, 2.45) is 0 Å². The van der Waals surface area contributed by atoms with E-state index in [2.05, 4.69) is 5.32 Å². The Morgan fingerprint density at radius 3 is 2.43 bits per heavy atom. The number of rotatable bonds is 3. The monoisotopic (exact) mass is 340 g/mol. The van der Waals surface area contributed by atoms with Crippen LogP contribution in [-0.4, -0.2) is 42.5 Å². The average molecular weight is 341 g/mol. The highest BCUT2D eigenvalue weighted by atomic mass is 35.5. The van der Waals surface area contributed by atoms with E-state index in [-0.39, 0.29) is 41.0 Å². The maximum absolute atomic E-state index is 12.2. The van der Waals surface area contributed by atoms with Gasteiger partial charge in [-0.05, 0) is 49.0 Å². The van der Waals surface area contributed by atoms with E-state index in [1.165, 1.54) is 24.3 Å². The molecule has 0 aromatic heterocycles. The van der Waals surface area contributed by atoms with Gasteiger partial charge < -0.3 is 10.2 Å². The number of thioether (sulfide) groups is 1. The minimum Gasteiger partial charge on any atom is -0.337 e. The van der Waals surface area contributed by atoms with E-state index in [1.807, 2.05) is 0 Å². The van der Waals surface area contributed by atoms with E-state index in [9.17, 15) is 18.0 Å². The molecular formula is C13H16ClF3N2OS. The van der Waals surface area contributed by atoms with Gasteiger partial charge in [0.1, 0.15) is 0 Å². The topological polar surface area (TPSA) is 32.3 Å². The van der Waals surface area contributed by atoms with Crippen LogP contribution in [0.3, 0.4) is 0 Å². The molecule has 0 spiro atoms. The molecule has 118 valence electrons. The fraction of sp³-hybridized carbons (Fsp3) is 0.462. The number of hydrogen-bond acceptors (Lipinski definition) is 3. The number of carbonyl (C=O) groups excluding carboxylic acids is 1. The summed E-state index contributed by atoms with van der Waals surface area (Å²) >= 11 is -0.180. The number of carbonyl (C=O) groups is 1. The molecule has 8 heteroatoms. The van der Waals surface area contributed by atoms with Crippen molar-refractivity contribution in [1.82, 2.24) is 10.2 Å². The Labute approximate surface area is 131 Å². The van der Waals surface area contributed by atoms with Gasteiger partial charge >= 0.3 is 5.51 Å². The summed E-state index contributed by atoms with van der Waals surface area (Å²) in [5.74, 6) is -0.165. The molecule has 1 aliphatic heterocycles. The molecule has 1 fully saturated rings. The molecule has 1 N–H and O–H groups in total. The maximum atomic E-state index is 12.2. The van der Waals surface area contributed by atoms with Crippen LogP contribution in [0.15, 0.2) is 29.2 Å². The van der Waals surface area contributed by atoms with Crippen LogP contribution in [0.1, 0.15) is 16.8 Å². The van der Waals surface area contributed by atoms with Crippen LogP contribution in [0.25, 0.3) is 0 Å². The standard InChI is InChI=1S/C13H15F3N2OS.ClH/c1-18(10-6-7-17-8-10)12(19)9-2-4-11(5-3-9)20-13(14,15)16;/h2-5,10,17H,6-8H2,1H3;1H. The summed E-state index contributed by atoms with van der Waals surface area (Å²) in [7, 11) is 1.72. The molecule has 3 nitrogen and oxygen atoms in total. The second-order valence-corrected chi connectivity index (χ2v) is 5.77. The Morgan fingerprint density at radius 2 is 1.95 bits per heavy atom. The molecule has 1 unspecified atom stereocenters. The fourth-order valence-corrected chi connectivity index (χ4v) is 2.68. The normalized spacial score (nSPS) is 18.2. The van der Waals surface area contributed by atoms with Crippen molar-refractivity contribution in [3.8, 4) is 0 Å². The van der Waals surface area contributed by atoms with Crippen molar-refractivity contribution in [2.45, 2.75) is 22.9 Å². The molecule has 1 aromatic rings. The molecule has 1 heterocycles. The third-order valence-electron chi connectivity index (χ3n) is 3.24. The van der Waals surface area contributed by atoms with Gasteiger partial charge in [-0.1, -0.05) is 0 Å². The molecule has 0 radical (unpaired) electrons. The highest BCUT2D eigenvalue weighted by Crippen LogP contribution is 2.36. The first kappa shape index (κ1) is 18.1. The highest BCUT2D eigenvalue weighted by Gasteiger charge is 2.29. The lowest BCUT2D eigenvalue weighted by Gasteiger charge is -2.23. The third kappa shape index (κ3) is 5.09. The van der Waals surface area contributed by atoms with Gasteiger partial charge in [-0.25, -0.2) is 0 Å². The molecule has 0 saturated carbocycles. The molecular weight excluding hydrogens is 325 g/mol. The number of halogens is 4. The first-order valence-electron chi connectivity index (χ1n) is 6.20. The molecule has 1 saturated heterocycles.